The Bertz CT molecular complexity index is 2910. The van der Waals surface area contributed by atoms with E-state index >= 15 is 0 Å². The molecule has 0 unspecified atom stereocenters. The zero-order chi connectivity index (χ0) is 43.4. The van der Waals surface area contributed by atoms with Gasteiger partial charge in [0.2, 0.25) is 26.8 Å². The molecule has 7 rings (SSSR count). The molecule has 0 N–H and O–H groups in total. The smallest absolute Gasteiger partial charge is 0.202 e. The van der Waals surface area contributed by atoms with E-state index < -0.39 is 0 Å². The van der Waals surface area contributed by atoms with Crippen molar-refractivity contribution >= 4 is 11.4 Å². The molecule has 0 bridgehead atoms. The highest BCUT2D eigenvalue weighted by atomic mass is 16.5. The van der Waals surface area contributed by atoms with Crippen LogP contribution in [0.5, 0.6) is 5.75 Å². The van der Waals surface area contributed by atoms with Crippen molar-refractivity contribution in [3.63, 3.8) is 0 Å². The van der Waals surface area contributed by atoms with E-state index in [1.807, 2.05) is 52.5 Å². The van der Waals surface area contributed by atoms with Gasteiger partial charge in [0, 0.05) is 123 Å². The Hall–Kier alpha value is -7.41. The number of ether oxygens (including phenoxy) is 1. The minimum Gasteiger partial charge on any atom is -0.497 e. The van der Waals surface area contributed by atoms with Crippen molar-refractivity contribution < 1.29 is 4.74 Å². The number of hydrogen-bond donors (Lipinski definition) is 0. The molecule has 5 heterocycles. The zero-order valence-corrected chi connectivity index (χ0v) is 37.1. The number of nitrogens with zero attached hydrogens (tertiary/aromatic N) is 12. The Kier molecular flexibility index (Phi) is 12.2. The van der Waals surface area contributed by atoms with Gasteiger partial charge in [0.25, 0.3) is 0 Å². The first-order valence-corrected chi connectivity index (χ1v) is 20.1. The molecule has 2 aromatic carbocycles. The van der Waals surface area contributed by atoms with Crippen LogP contribution in [0.1, 0.15) is 0 Å². The lowest BCUT2D eigenvalue weighted by Gasteiger charge is -2.28. The lowest BCUT2D eigenvalue weighted by molar-refractivity contribution is 0.415. The molecular weight excluding hydrogens is 761 g/mol. The summed E-state index contributed by atoms with van der Waals surface area (Å²) in [6.07, 6.45) is 21.1. The van der Waals surface area contributed by atoms with Crippen LogP contribution in [0, 0.1) is 0 Å². The number of azo groups is 1. The molecule has 13 heteroatoms. The summed E-state index contributed by atoms with van der Waals surface area (Å²) >= 11 is 0. The largest absolute Gasteiger partial charge is 0.497 e. The summed E-state index contributed by atoms with van der Waals surface area (Å²) in [4.78, 5) is 0. The summed E-state index contributed by atoms with van der Waals surface area (Å²) in [5.74, 6) is 0.745. The quantitative estimate of drug-likeness (QED) is 0.172. The first kappa shape index (κ1) is 41.7. The lowest BCUT2D eigenvalue weighted by Crippen LogP contribution is -2.25. The first-order valence-electron chi connectivity index (χ1n) is 20.1. The van der Waals surface area contributed by atoms with Crippen LogP contribution in [-0.4, -0.2) is 100 Å². The third-order valence-corrected chi connectivity index (χ3v) is 10.6. The zero-order valence-electron chi connectivity index (χ0n) is 37.1. The van der Waals surface area contributed by atoms with E-state index in [0.717, 1.165) is 61.0 Å². The van der Waals surface area contributed by atoms with Gasteiger partial charge < -0.3 is 27.6 Å². The molecular formula is C48H57N12O+5. The van der Waals surface area contributed by atoms with Crippen LogP contribution in [0.25, 0.3) is 28.4 Å². The molecule has 61 heavy (non-hydrogen) atoms. The number of pyridine rings is 5. The molecule has 0 aliphatic carbocycles. The second-order valence-corrected chi connectivity index (χ2v) is 15.8. The van der Waals surface area contributed by atoms with E-state index in [0.29, 0.717) is 11.4 Å². The second kappa shape index (κ2) is 17.8. The molecule has 0 amide bonds. The highest BCUT2D eigenvalue weighted by molar-refractivity contribution is 5.90. The molecule has 0 saturated carbocycles. The second-order valence-electron chi connectivity index (χ2n) is 15.8. The maximum absolute atomic E-state index is 5.49. The summed E-state index contributed by atoms with van der Waals surface area (Å²) in [6, 6.07) is 28.9. The Balaban J connectivity index is 1.80. The van der Waals surface area contributed by atoms with E-state index in [9.17, 15) is 0 Å². The Morgan fingerprint density at radius 3 is 0.820 bits per heavy atom. The van der Waals surface area contributed by atoms with Crippen LogP contribution in [0.3, 0.4) is 0 Å². The van der Waals surface area contributed by atoms with Crippen molar-refractivity contribution in [1.82, 2.24) is 45.7 Å². The van der Waals surface area contributed by atoms with Crippen LogP contribution in [0.4, 0.5) is 11.4 Å². The Morgan fingerprint density at radius 2 is 0.574 bits per heavy atom. The van der Waals surface area contributed by atoms with Crippen LogP contribution in [-0.2, 0) is 0 Å². The fourth-order valence-electron chi connectivity index (χ4n) is 7.08. The maximum atomic E-state index is 5.49. The molecule has 0 spiro atoms. The van der Waals surface area contributed by atoms with Crippen molar-refractivity contribution in [3.05, 3.63) is 174 Å². The molecule has 0 radical (unpaired) electrons. The van der Waals surface area contributed by atoms with Crippen LogP contribution < -0.4 is 54.4 Å². The molecule has 13 nitrogen and oxygen atoms in total. The van der Waals surface area contributed by atoms with Gasteiger partial charge in [-0.05, 0) is 24.3 Å². The van der Waals surface area contributed by atoms with Gasteiger partial charge in [-0.3, -0.25) is 0 Å². The van der Waals surface area contributed by atoms with Gasteiger partial charge in [0.05, 0.1) is 29.9 Å². The van der Waals surface area contributed by atoms with Gasteiger partial charge >= 0.3 is 0 Å². The van der Waals surface area contributed by atoms with Crippen molar-refractivity contribution in [2.75, 3.05) is 77.6 Å². The van der Waals surface area contributed by atoms with Crippen LogP contribution in [0.2, 0.25) is 0 Å². The van der Waals surface area contributed by atoms with E-state index in [-0.39, 0.29) is 0 Å². The SMILES string of the molecule is COc1ccc(N=Nc2c(-n3ccc(=[N+](C)C)cc3)c(-n3ccc(=[N+](C)C)cc3)c(-n3ccc(=[N+](C)C)cc3)c(-n3ccc(=[N+](C)C)cc3)c2-n2ccc(=[N+](C)C)cc2)cc1. The molecule has 0 aliphatic rings. The minimum atomic E-state index is 0.647. The van der Waals surface area contributed by atoms with E-state index in [2.05, 4.69) is 211 Å². The third-order valence-electron chi connectivity index (χ3n) is 10.6. The van der Waals surface area contributed by atoms with Gasteiger partial charge in [-0.2, -0.15) is 5.11 Å². The average Bonchev–Trinajstić information content (AvgIpc) is 3.27. The van der Waals surface area contributed by atoms with Crippen molar-refractivity contribution in [1.29, 1.82) is 0 Å². The molecule has 7 aromatic rings. The normalized spacial score (nSPS) is 11.1. The molecule has 0 atom stereocenters. The van der Waals surface area contributed by atoms with E-state index in [1.54, 1.807) is 7.11 Å². The average molecular weight is 818 g/mol. The molecule has 5 aromatic heterocycles. The van der Waals surface area contributed by atoms with Crippen LogP contribution >= 0.6 is 0 Å². The van der Waals surface area contributed by atoms with Gasteiger partial charge in [0.1, 0.15) is 93.3 Å². The van der Waals surface area contributed by atoms with Gasteiger partial charge in [-0.15, -0.1) is 5.11 Å². The lowest BCUT2D eigenvalue weighted by atomic mass is 10.1. The van der Waals surface area contributed by atoms with E-state index in [4.69, 9.17) is 15.0 Å². The molecule has 0 fully saturated rings. The number of methoxy groups -OCH3 is 1. The number of benzene rings is 2. The molecule has 0 saturated heterocycles. The standard InChI is InChI=1S/C48H57N12O/c1-51(2)37-16-26-56(27-17-37)44-43(50-49-36-12-14-42(61-11)15-13-36)45(57-28-18-38(19-29-57)52(3)4)47(59-32-22-40(23-33-59)54(7)8)48(60-34-24-41(25-35-60)55(9)10)46(44)58-30-20-39(21-31-58)53(5)6/h12-35H,1-11H3/q+5. The monoisotopic (exact) mass is 817 g/mol. The highest BCUT2D eigenvalue weighted by Crippen LogP contribution is 2.45. The summed E-state index contributed by atoms with van der Waals surface area (Å²) in [7, 11) is 22.2. The molecule has 0 aliphatic heterocycles. The Labute approximate surface area is 356 Å². The van der Waals surface area contributed by atoms with Gasteiger partial charge in [-0.25, -0.2) is 22.9 Å². The third kappa shape index (κ3) is 8.81. The summed E-state index contributed by atoms with van der Waals surface area (Å²) < 4.78 is 26.9. The fraction of sp³-hybridized carbons (Fsp3) is 0.229. The summed E-state index contributed by atoms with van der Waals surface area (Å²) in [5, 5.41) is 15.6. The number of aromatic nitrogens is 5. The maximum Gasteiger partial charge on any atom is 0.202 e. The topological polar surface area (TPSA) is 73.6 Å². The van der Waals surface area contributed by atoms with Crippen LogP contribution in [0.15, 0.2) is 157 Å². The van der Waals surface area contributed by atoms with Crippen molar-refractivity contribution in [3.8, 4) is 34.2 Å². The Morgan fingerprint density at radius 1 is 0.328 bits per heavy atom. The van der Waals surface area contributed by atoms with Crippen molar-refractivity contribution in [2.24, 2.45) is 10.2 Å². The van der Waals surface area contributed by atoms with Crippen molar-refractivity contribution in [2.45, 2.75) is 0 Å². The highest BCUT2D eigenvalue weighted by Gasteiger charge is 2.29. The van der Waals surface area contributed by atoms with Gasteiger partial charge in [0.15, 0.2) is 0 Å². The first-order chi connectivity index (χ1) is 29.3. The minimum absolute atomic E-state index is 0.647. The predicted molar refractivity (Wildman–Crippen MR) is 246 cm³/mol. The number of rotatable bonds is 8. The predicted octanol–water partition coefficient (Wildman–Crippen LogP) is 3.22. The van der Waals surface area contributed by atoms with Gasteiger partial charge in [-0.1, -0.05) is 0 Å². The summed E-state index contributed by atoms with van der Waals surface area (Å²) in [6.45, 7) is 0. The summed E-state index contributed by atoms with van der Waals surface area (Å²) in [5.41, 5.74) is 5.65. The molecule has 310 valence electrons. The fourth-order valence-corrected chi connectivity index (χ4v) is 7.08. The van der Waals surface area contributed by atoms with E-state index in [1.165, 1.54) is 0 Å². The number of hydrogen-bond acceptors (Lipinski definition) is 3.